The van der Waals surface area contributed by atoms with Crippen molar-refractivity contribution in [1.29, 1.82) is 0 Å². The standard InChI is InChI=1S/C14H9BrClFO2/c15-12-6-11(17)3-2-10(12)8-19-14-4-1-9(7-18)5-13(14)16/h1-7H,8H2. The molecule has 0 bridgehead atoms. The molecule has 0 atom stereocenters. The largest absolute Gasteiger partial charge is 0.487 e. The minimum atomic E-state index is -0.316. The van der Waals surface area contributed by atoms with Gasteiger partial charge in [0.05, 0.1) is 5.02 Å². The summed E-state index contributed by atoms with van der Waals surface area (Å²) in [6.07, 6.45) is 0.715. The van der Waals surface area contributed by atoms with Crippen molar-refractivity contribution in [3.63, 3.8) is 0 Å². The van der Waals surface area contributed by atoms with E-state index in [-0.39, 0.29) is 12.4 Å². The highest BCUT2D eigenvalue weighted by Gasteiger charge is 2.06. The summed E-state index contributed by atoms with van der Waals surface area (Å²) < 4.78 is 19.1. The van der Waals surface area contributed by atoms with Gasteiger partial charge in [0.25, 0.3) is 0 Å². The second-order valence-electron chi connectivity index (χ2n) is 3.83. The number of aldehydes is 1. The molecule has 0 spiro atoms. The Morgan fingerprint density at radius 3 is 2.68 bits per heavy atom. The third-order valence-corrected chi connectivity index (χ3v) is 3.52. The van der Waals surface area contributed by atoms with E-state index in [1.165, 1.54) is 18.2 Å². The number of halogens is 3. The van der Waals surface area contributed by atoms with Crippen molar-refractivity contribution < 1.29 is 13.9 Å². The number of carbonyl (C=O) groups is 1. The third kappa shape index (κ3) is 3.55. The second-order valence-corrected chi connectivity index (χ2v) is 5.09. The summed E-state index contributed by atoms with van der Waals surface area (Å²) in [4.78, 5) is 10.6. The fourth-order valence-corrected chi connectivity index (χ4v) is 2.21. The molecule has 0 aromatic heterocycles. The molecule has 0 heterocycles. The maximum absolute atomic E-state index is 12.9. The summed E-state index contributed by atoms with van der Waals surface area (Å²) in [5.74, 6) is 0.160. The molecule has 5 heteroatoms. The zero-order chi connectivity index (χ0) is 13.8. The van der Waals surface area contributed by atoms with Crippen LogP contribution >= 0.6 is 27.5 Å². The molecule has 19 heavy (non-hydrogen) atoms. The van der Waals surface area contributed by atoms with Gasteiger partial charge in [0.15, 0.2) is 0 Å². The zero-order valence-corrected chi connectivity index (χ0v) is 12.0. The lowest BCUT2D eigenvalue weighted by Crippen LogP contribution is -1.97. The highest BCUT2D eigenvalue weighted by atomic mass is 79.9. The normalized spacial score (nSPS) is 10.3. The molecule has 0 saturated heterocycles. The fraction of sp³-hybridized carbons (Fsp3) is 0.0714. The Bertz CT molecular complexity index is 616. The molecule has 2 aromatic rings. The van der Waals surface area contributed by atoms with E-state index in [2.05, 4.69) is 15.9 Å². The summed E-state index contributed by atoms with van der Waals surface area (Å²) in [5.41, 5.74) is 1.29. The lowest BCUT2D eigenvalue weighted by molar-refractivity contribution is 0.112. The van der Waals surface area contributed by atoms with Gasteiger partial charge in [0.1, 0.15) is 24.5 Å². The van der Waals surface area contributed by atoms with Gasteiger partial charge in [0.2, 0.25) is 0 Å². The maximum Gasteiger partial charge on any atom is 0.150 e. The molecule has 0 unspecified atom stereocenters. The molecular weight excluding hydrogens is 335 g/mol. The number of ether oxygens (including phenoxy) is 1. The van der Waals surface area contributed by atoms with Crippen LogP contribution < -0.4 is 4.74 Å². The van der Waals surface area contributed by atoms with Gasteiger partial charge in [-0.3, -0.25) is 4.79 Å². The van der Waals surface area contributed by atoms with Crippen LogP contribution in [0.3, 0.4) is 0 Å². The van der Waals surface area contributed by atoms with E-state index in [9.17, 15) is 9.18 Å². The molecule has 0 amide bonds. The first kappa shape index (κ1) is 14.0. The monoisotopic (exact) mass is 342 g/mol. The average Bonchev–Trinajstić information content (AvgIpc) is 2.39. The van der Waals surface area contributed by atoms with Crippen LogP contribution in [0.2, 0.25) is 5.02 Å². The van der Waals surface area contributed by atoms with Crippen LogP contribution in [-0.2, 0) is 6.61 Å². The molecule has 2 rings (SSSR count). The van der Waals surface area contributed by atoms with Crippen LogP contribution in [0.15, 0.2) is 40.9 Å². The van der Waals surface area contributed by atoms with Gasteiger partial charge in [-0.15, -0.1) is 0 Å². The van der Waals surface area contributed by atoms with Gasteiger partial charge in [-0.25, -0.2) is 4.39 Å². The number of hydrogen-bond donors (Lipinski definition) is 0. The Kier molecular flexibility index (Phi) is 4.56. The van der Waals surface area contributed by atoms with Gasteiger partial charge in [-0.05, 0) is 30.3 Å². The van der Waals surface area contributed by atoms with Gasteiger partial charge in [-0.2, -0.15) is 0 Å². The highest BCUT2D eigenvalue weighted by molar-refractivity contribution is 9.10. The molecule has 2 aromatic carbocycles. The predicted octanol–water partition coefficient (Wildman–Crippen LogP) is 4.63. The average molecular weight is 344 g/mol. The van der Waals surface area contributed by atoms with E-state index in [1.54, 1.807) is 18.2 Å². The van der Waals surface area contributed by atoms with E-state index in [0.717, 1.165) is 5.56 Å². The van der Waals surface area contributed by atoms with Crippen LogP contribution in [0.25, 0.3) is 0 Å². The fourth-order valence-electron chi connectivity index (χ4n) is 1.50. The Hall–Kier alpha value is -1.39. The second kappa shape index (κ2) is 6.17. The topological polar surface area (TPSA) is 26.3 Å². The third-order valence-electron chi connectivity index (χ3n) is 2.49. The van der Waals surface area contributed by atoms with Gasteiger partial charge < -0.3 is 4.74 Å². The Morgan fingerprint density at radius 1 is 1.26 bits per heavy atom. The summed E-state index contributed by atoms with van der Waals surface area (Å²) >= 11 is 9.25. The summed E-state index contributed by atoms with van der Waals surface area (Å²) in [6.45, 7) is 0.251. The minimum Gasteiger partial charge on any atom is -0.487 e. The van der Waals surface area contributed by atoms with Crippen molar-refractivity contribution in [2.24, 2.45) is 0 Å². The molecule has 0 N–H and O–H groups in total. The molecule has 2 nitrogen and oxygen atoms in total. The summed E-state index contributed by atoms with van der Waals surface area (Å²) in [5, 5.41) is 0.364. The molecule has 0 fully saturated rings. The van der Waals surface area contributed by atoms with Crippen molar-refractivity contribution in [1.82, 2.24) is 0 Å². The highest BCUT2D eigenvalue weighted by Crippen LogP contribution is 2.27. The van der Waals surface area contributed by atoms with Crippen LogP contribution in [0, 0.1) is 5.82 Å². The minimum absolute atomic E-state index is 0.251. The first-order chi connectivity index (χ1) is 9.10. The molecule has 0 aliphatic heterocycles. The van der Waals surface area contributed by atoms with Crippen molar-refractivity contribution in [2.75, 3.05) is 0 Å². The van der Waals surface area contributed by atoms with E-state index < -0.39 is 0 Å². The first-order valence-corrected chi connectivity index (χ1v) is 6.58. The molecule has 0 radical (unpaired) electrons. The quantitative estimate of drug-likeness (QED) is 0.756. The zero-order valence-electron chi connectivity index (χ0n) is 9.70. The van der Waals surface area contributed by atoms with E-state index in [0.29, 0.717) is 27.1 Å². The van der Waals surface area contributed by atoms with Crippen LogP contribution in [0.4, 0.5) is 4.39 Å². The maximum atomic E-state index is 12.9. The van der Waals surface area contributed by atoms with Gasteiger partial charge in [0, 0.05) is 15.6 Å². The Labute approximate surface area is 123 Å². The SMILES string of the molecule is O=Cc1ccc(OCc2ccc(F)cc2Br)c(Cl)c1. The smallest absolute Gasteiger partial charge is 0.150 e. The van der Waals surface area contributed by atoms with Crippen molar-refractivity contribution in [3.05, 3.63) is 62.8 Å². The number of benzene rings is 2. The van der Waals surface area contributed by atoms with Crippen LogP contribution in [0.1, 0.15) is 15.9 Å². The predicted molar refractivity (Wildman–Crippen MR) is 75.3 cm³/mol. The molecular formula is C14H9BrClFO2. The first-order valence-electron chi connectivity index (χ1n) is 5.41. The van der Waals surface area contributed by atoms with Crippen molar-refractivity contribution >= 4 is 33.8 Å². The number of rotatable bonds is 4. The van der Waals surface area contributed by atoms with E-state index in [4.69, 9.17) is 16.3 Å². The van der Waals surface area contributed by atoms with Crippen molar-refractivity contribution in [2.45, 2.75) is 6.61 Å². The molecule has 98 valence electrons. The molecule has 0 aliphatic rings. The molecule has 0 aliphatic carbocycles. The summed E-state index contributed by atoms with van der Waals surface area (Å²) in [7, 11) is 0. The van der Waals surface area contributed by atoms with E-state index >= 15 is 0 Å². The lowest BCUT2D eigenvalue weighted by atomic mass is 10.2. The number of carbonyl (C=O) groups excluding carboxylic acids is 1. The van der Waals surface area contributed by atoms with Gasteiger partial charge >= 0.3 is 0 Å². The van der Waals surface area contributed by atoms with Crippen molar-refractivity contribution in [3.8, 4) is 5.75 Å². The van der Waals surface area contributed by atoms with Crippen LogP contribution in [-0.4, -0.2) is 6.29 Å². The lowest BCUT2D eigenvalue weighted by Gasteiger charge is -2.09. The molecule has 0 saturated carbocycles. The number of hydrogen-bond acceptors (Lipinski definition) is 2. The van der Waals surface area contributed by atoms with Crippen LogP contribution in [0.5, 0.6) is 5.75 Å². The van der Waals surface area contributed by atoms with E-state index in [1.807, 2.05) is 0 Å². The van der Waals surface area contributed by atoms with Gasteiger partial charge in [-0.1, -0.05) is 33.6 Å². The Balaban J connectivity index is 2.12. The Morgan fingerprint density at radius 2 is 2.05 bits per heavy atom. The summed E-state index contributed by atoms with van der Waals surface area (Å²) in [6, 6.07) is 9.14.